The van der Waals surface area contributed by atoms with Gasteiger partial charge >= 0.3 is 0 Å². The first-order chi connectivity index (χ1) is 12.2. The van der Waals surface area contributed by atoms with Crippen molar-refractivity contribution in [3.63, 3.8) is 0 Å². The number of carbonyl (C=O) groups is 1. The number of para-hydroxylation sites is 1. The normalized spacial score (nSPS) is 12.2. The molecule has 0 saturated heterocycles. The van der Waals surface area contributed by atoms with Crippen LogP contribution in [-0.4, -0.2) is 25.1 Å². The molecule has 2 aromatic rings. The molecule has 0 aromatic heterocycles. The topological polar surface area (TPSA) is 38.3 Å². The van der Waals surface area contributed by atoms with Crippen molar-refractivity contribution in [1.29, 1.82) is 0 Å². The van der Waals surface area contributed by atoms with Crippen molar-refractivity contribution in [2.24, 2.45) is 0 Å². The Hall–Kier alpha value is -1.51. The maximum absolute atomic E-state index is 13.8. The minimum Gasteiger partial charge on any atom is -0.481 e. The predicted molar refractivity (Wildman–Crippen MR) is 94.9 cm³/mol. The monoisotopic (exact) mass is 473 g/mol. The second kappa shape index (κ2) is 8.92. The third kappa shape index (κ3) is 4.81. The minimum absolute atomic E-state index is 0.0472. The van der Waals surface area contributed by atoms with Crippen LogP contribution in [0.4, 0.5) is 23.2 Å². The smallest absolute Gasteiger partial charge is 0.277 e. The number of hydrogen-bond acceptors (Lipinski definition) is 2. The van der Waals surface area contributed by atoms with E-state index in [1.165, 1.54) is 12.1 Å². The standard InChI is InChI=1S/C16H10BrCl2F4NO2/c17-8-5-12(26-13(6-20)15(22)23)7(4-11(8)21)16(25)24-14-9(18)2-1-3-10(14)19/h1-5,13,15H,6H2,(H,24,25)/t13-/m0/s1. The summed E-state index contributed by atoms with van der Waals surface area (Å²) in [5.41, 5.74) is -0.383. The molecule has 0 aliphatic rings. The van der Waals surface area contributed by atoms with E-state index in [1.54, 1.807) is 6.07 Å². The number of anilines is 1. The quantitative estimate of drug-likeness (QED) is 0.511. The number of ether oxygens (including phenoxy) is 1. The Morgan fingerprint density at radius 2 is 1.85 bits per heavy atom. The number of alkyl halides is 3. The van der Waals surface area contributed by atoms with Gasteiger partial charge in [-0.3, -0.25) is 4.79 Å². The first-order valence-corrected chi connectivity index (χ1v) is 8.54. The lowest BCUT2D eigenvalue weighted by atomic mass is 10.1. The Bertz CT molecular complexity index is 803. The molecular weight excluding hydrogens is 465 g/mol. The van der Waals surface area contributed by atoms with Crippen molar-refractivity contribution in [3.8, 4) is 5.75 Å². The SMILES string of the molecule is O=C(Nc1c(Cl)cccc1Cl)c1cc(F)c(Br)cc1O[C@@H](CF)C(F)F. The molecule has 0 saturated carbocycles. The van der Waals surface area contributed by atoms with Crippen molar-refractivity contribution in [3.05, 3.63) is 56.2 Å². The molecule has 0 radical (unpaired) electrons. The Morgan fingerprint density at radius 1 is 1.23 bits per heavy atom. The van der Waals surface area contributed by atoms with E-state index in [-0.39, 0.29) is 20.2 Å². The summed E-state index contributed by atoms with van der Waals surface area (Å²) in [7, 11) is 0. The highest BCUT2D eigenvalue weighted by atomic mass is 79.9. The minimum atomic E-state index is -3.14. The van der Waals surface area contributed by atoms with Crippen LogP contribution in [-0.2, 0) is 0 Å². The Labute approximate surface area is 164 Å². The third-order valence-corrected chi connectivity index (χ3v) is 4.42. The average Bonchev–Trinajstić information content (AvgIpc) is 2.58. The zero-order valence-electron chi connectivity index (χ0n) is 12.7. The molecule has 0 unspecified atom stereocenters. The van der Waals surface area contributed by atoms with Crippen LogP contribution in [0.5, 0.6) is 5.75 Å². The molecular formula is C16H10BrCl2F4NO2. The molecule has 0 bridgehead atoms. The number of carbonyl (C=O) groups excluding carboxylic acids is 1. The summed E-state index contributed by atoms with van der Waals surface area (Å²) >= 11 is 14.7. The highest BCUT2D eigenvalue weighted by Crippen LogP contribution is 2.33. The van der Waals surface area contributed by atoms with E-state index in [0.29, 0.717) is 0 Å². The van der Waals surface area contributed by atoms with Gasteiger partial charge in [-0.25, -0.2) is 17.6 Å². The summed E-state index contributed by atoms with van der Waals surface area (Å²) in [6.45, 7) is -1.50. The van der Waals surface area contributed by atoms with Gasteiger partial charge in [0.25, 0.3) is 12.3 Å². The molecule has 0 spiro atoms. The van der Waals surface area contributed by atoms with Crippen molar-refractivity contribution >= 4 is 50.7 Å². The molecule has 2 aromatic carbocycles. The summed E-state index contributed by atoms with van der Waals surface area (Å²) in [6, 6.07) is 6.18. The fraction of sp³-hybridized carbons (Fsp3) is 0.188. The van der Waals surface area contributed by atoms with Gasteiger partial charge in [0.2, 0.25) is 0 Å². The average molecular weight is 475 g/mol. The van der Waals surface area contributed by atoms with Gasteiger partial charge in [0.05, 0.1) is 25.8 Å². The van der Waals surface area contributed by atoms with Gasteiger partial charge in [0.1, 0.15) is 18.2 Å². The molecule has 1 atom stereocenters. The van der Waals surface area contributed by atoms with E-state index >= 15 is 0 Å². The van der Waals surface area contributed by atoms with Crippen LogP contribution in [0.15, 0.2) is 34.8 Å². The second-order valence-electron chi connectivity index (χ2n) is 4.96. The van der Waals surface area contributed by atoms with E-state index < -0.39 is 42.2 Å². The summed E-state index contributed by atoms with van der Waals surface area (Å²) in [5, 5.41) is 2.58. The van der Waals surface area contributed by atoms with Crippen molar-refractivity contribution in [2.75, 3.05) is 12.0 Å². The molecule has 0 aliphatic heterocycles. The van der Waals surface area contributed by atoms with Gasteiger partial charge in [-0.1, -0.05) is 29.3 Å². The van der Waals surface area contributed by atoms with Gasteiger partial charge in [0, 0.05) is 0 Å². The highest BCUT2D eigenvalue weighted by Gasteiger charge is 2.26. The number of nitrogens with one attached hydrogen (secondary N) is 1. The number of rotatable bonds is 6. The Kier molecular flexibility index (Phi) is 7.14. The zero-order chi connectivity index (χ0) is 19.4. The van der Waals surface area contributed by atoms with Crippen molar-refractivity contribution in [2.45, 2.75) is 12.5 Å². The summed E-state index contributed by atoms with van der Waals surface area (Å²) in [4.78, 5) is 12.5. The maximum Gasteiger partial charge on any atom is 0.277 e. The van der Waals surface area contributed by atoms with Gasteiger partial charge in [-0.2, -0.15) is 0 Å². The van der Waals surface area contributed by atoms with E-state index in [4.69, 9.17) is 27.9 Å². The van der Waals surface area contributed by atoms with Gasteiger partial charge in [0.15, 0.2) is 6.10 Å². The fourth-order valence-corrected chi connectivity index (χ4v) is 2.73. The summed E-state index contributed by atoms with van der Waals surface area (Å²) in [5.74, 6) is -2.20. The second-order valence-corrected chi connectivity index (χ2v) is 6.63. The van der Waals surface area contributed by atoms with Crippen LogP contribution in [0.3, 0.4) is 0 Å². The number of hydrogen-bond donors (Lipinski definition) is 1. The molecule has 3 nitrogen and oxygen atoms in total. The van der Waals surface area contributed by atoms with Crippen molar-refractivity contribution in [1.82, 2.24) is 0 Å². The van der Waals surface area contributed by atoms with Crippen LogP contribution in [0, 0.1) is 5.82 Å². The van der Waals surface area contributed by atoms with Crippen LogP contribution >= 0.6 is 39.1 Å². The summed E-state index contributed by atoms with van der Waals surface area (Å²) in [6.07, 6.45) is -5.25. The van der Waals surface area contributed by atoms with E-state index in [1.807, 2.05) is 0 Å². The van der Waals surface area contributed by atoms with Crippen molar-refractivity contribution < 1.29 is 27.1 Å². The van der Waals surface area contributed by atoms with Crippen LogP contribution in [0.2, 0.25) is 10.0 Å². The van der Waals surface area contributed by atoms with E-state index in [0.717, 1.165) is 12.1 Å². The molecule has 140 valence electrons. The lowest BCUT2D eigenvalue weighted by molar-refractivity contribution is -0.00161. The molecule has 10 heteroatoms. The highest BCUT2D eigenvalue weighted by molar-refractivity contribution is 9.10. The predicted octanol–water partition coefficient (Wildman–Crippen LogP) is 6.13. The maximum atomic E-state index is 13.8. The Balaban J connectivity index is 2.40. The van der Waals surface area contributed by atoms with Crippen LogP contribution in [0.1, 0.15) is 10.4 Å². The first-order valence-electron chi connectivity index (χ1n) is 6.99. The number of halogens is 7. The van der Waals surface area contributed by atoms with Crippen LogP contribution in [0.25, 0.3) is 0 Å². The molecule has 2 rings (SSSR count). The van der Waals surface area contributed by atoms with Crippen LogP contribution < -0.4 is 10.1 Å². The Morgan fingerprint density at radius 3 is 2.38 bits per heavy atom. The summed E-state index contributed by atoms with van der Waals surface area (Å²) < 4.78 is 56.8. The van der Waals surface area contributed by atoms with E-state index in [9.17, 15) is 22.4 Å². The molecule has 26 heavy (non-hydrogen) atoms. The third-order valence-electron chi connectivity index (χ3n) is 3.18. The van der Waals surface area contributed by atoms with Gasteiger partial charge < -0.3 is 10.1 Å². The molecule has 1 amide bonds. The zero-order valence-corrected chi connectivity index (χ0v) is 15.8. The molecule has 0 fully saturated rings. The molecule has 0 aliphatic carbocycles. The molecule has 1 N–H and O–H groups in total. The fourth-order valence-electron chi connectivity index (χ4n) is 1.91. The largest absolute Gasteiger partial charge is 0.481 e. The lowest BCUT2D eigenvalue weighted by Crippen LogP contribution is -2.28. The lowest BCUT2D eigenvalue weighted by Gasteiger charge is -2.18. The van der Waals surface area contributed by atoms with Gasteiger partial charge in [-0.15, -0.1) is 0 Å². The van der Waals surface area contributed by atoms with Gasteiger partial charge in [-0.05, 0) is 40.2 Å². The van der Waals surface area contributed by atoms with E-state index in [2.05, 4.69) is 21.2 Å². The number of amides is 1. The number of benzene rings is 2. The first kappa shape index (κ1) is 20.8. The molecule has 0 heterocycles.